The van der Waals surface area contributed by atoms with Gasteiger partial charge in [-0.3, -0.25) is 4.79 Å². The second kappa shape index (κ2) is 6.95. The molecule has 24 heavy (non-hydrogen) atoms. The third kappa shape index (κ3) is 3.60. The zero-order valence-electron chi connectivity index (χ0n) is 13.2. The topological polar surface area (TPSA) is 72.7 Å². The molecule has 1 N–H and O–H groups in total. The summed E-state index contributed by atoms with van der Waals surface area (Å²) in [5.41, 5.74) is 2.07. The first-order valence-electron chi connectivity index (χ1n) is 7.55. The van der Waals surface area contributed by atoms with Crippen molar-refractivity contribution in [3.8, 4) is 0 Å². The number of nitrogens with one attached hydrogen (secondary N) is 1. The molecular weight excluding hydrogens is 306 g/mol. The molecular formula is C18H17N3O3. The van der Waals surface area contributed by atoms with E-state index in [9.17, 15) is 9.59 Å². The van der Waals surface area contributed by atoms with Gasteiger partial charge in [0.15, 0.2) is 0 Å². The Hall–Kier alpha value is -3.15. The molecule has 1 aromatic carbocycles. The number of fused-ring (bicyclic) bond motifs is 1. The van der Waals surface area contributed by atoms with Gasteiger partial charge in [0.1, 0.15) is 6.10 Å². The molecule has 1 atom stereocenters. The number of imidazole rings is 1. The van der Waals surface area contributed by atoms with E-state index in [1.807, 2.05) is 34.7 Å². The lowest BCUT2D eigenvalue weighted by atomic mass is 10.1. The number of nitrogens with zero attached hydrogens (tertiary/aromatic N) is 2. The molecule has 0 bridgehead atoms. The molecule has 0 aliphatic carbocycles. The monoisotopic (exact) mass is 323 g/mol. The Morgan fingerprint density at radius 2 is 2.04 bits per heavy atom. The lowest BCUT2D eigenvalue weighted by Gasteiger charge is -2.18. The zero-order valence-corrected chi connectivity index (χ0v) is 13.2. The van der Waals surface area contributed by atoms with Crippen molar-refractivity contribution in [1.29, 1.82) is 0 Å². The second-order valence-electron chi connectivity index (χ2n) is 5.38. The van der Waals surface area contributed by atoms with Crippen LogP contribution < -0.4 is 5.32 Å². The number of pyridine rings is 1. The molecule has 0 spiro atoms. The van der Waals surface area contributed by atoms with E-state index < -0.39 is 12.1 Å². The highest BCUT2D eigenvalue weighted by Gasteiger charge is 2.18. The van der Waals surface area contributed by atoms with Crippen molar-refractivity contribution in [1.82, 2.24) is 14.7 Å². The van der Waals surface area contributed by atoms with Crippen molar-refractivity contribution < 1.29 is 14.3 Å². The van der Waals surface area contributed by atoms with Crippen LogP contribution in [0.4, 0.5) is 0 Å². The van der Waals surface area contributed by atoms with E-state index in [4.69, 9.17) is 4.74 Å². The molecule has 2 aromatic heterocycles. The predicted octanol–water partition coefficient (Wildman–Crippen LogP) is 2.37. The van der Waals surface area contributed by atoms with Crippen LogP contribution in [0.3, 0.4) is 0 Å². The van der Waals surface area contributed by atoms with Gasteiger partial charge >= 0.3 is 5.97 Å². The summed E-state index contributed by atoms with van der Waals surface area (Å²) in [5, 5.41) is 2.70. The lowest BCUT2D eigenvalue weighted by Crippen LogP contribution is -2.28. The van der Waals surface area contributed by atoms with Crippen LogP contribution in [0.15, 0.2) is 61.2 Å². The lowest BCUT2D eigenvalue weighted by molar-refractivity contribution is -0.119. The number of carbonyl (C=O) groups is 2. The molecule has 0 fully saturated rings. The molecule has 122 valence electrons. The summed E-state index contributed by atoms with van der Waals surface area (Å²) in [5.74, 6) is -0.620. The number of hydrogen-bond acceptors (Lipinski definition) is 4. The highest BCUT2D eigenvalue weighted by Crippen LogP contribution is 2.19. The van der Waals surface area contributed by atoms with Crippen molar-refractivity contribution in [2.75, 3.05) is 6.54 Å². The van der Waals surface area contributed by atoms with Crippen LogP contribution in [0.5, 0.6) is 0 Å². The van der Waals surface area contributed by atoms with Gasteiger partial charge in [-0.15, -0.1) is 0 Å². The maximum absolute atomic E-state index is 12.5. The third-order valence-electron chi connectivity index (χ3n) is 3.61. The van der Waals surface area contributed by atoms with Gasteiger partial charge in [0.05, 0.1) is 30.1 Å². The summed E-state index contributed by atoms with van der Waals surface area (Å²) < 4.78 is 7.42. The van der Waals surface area contributed by atoms with Gasteiger partial charge in [0.25, 0.3) is 0 Å². The molecule has 3 aromatic rings. The van der Waals surface area contributed by atoms with Crippen LogP contribution in [-0.2, 0) is 9.53 Å². The summed E-state index contributed by atoms with van der Waals surface area (Å²) in [6, 6.07) is 12.7. The molecule has 2 heterocycles. The van der Waals surface area contributed by atoms with Crippen molar-refractivity contribution >= 4 is 17.4 Å². The van der Waals surface area contributed by atoms with Crippen LogP contribution in [0.25, 0.3) is 5.52 Å². The molecule has 3 rings (SSSR count). The summed E-state index contributed by atoms with van der Waals surface area (Å²) in [6.07, 6.45) is 4.53. The molecule has 0 aliphatic heterocycles. The van der Waals surface area contributed by atoms with Gasteiger partial charge < -0.3 is 14.5 Å². The molecule has 0 saturated carbocycles. The van der Waals surface area contributed by atoms with Gasteiger partial charge in [-0.2, -0.15) is 0 Å². The Morgan fingerprint density at radius 1 is 1.25 bits per heavy atom. The minimum Gasteiger partial charge on any atom is -0.452 e. The van der Waals surface area contributed by atoms with Crippen LogP contribution >= 0.6 is 0 Å². The van der Waals surface area contributed by atoms with Crippen molar-refractivity contribution in [3.05, 3.63) is 72.3 Å². The SMILES string of the molecule is CC(=O)NC[C@@H](OC(=O)c1ccn2cncc2c1)c1ccccc1. The van der Waals surface area contributed by atoms with Gasteiger partial charge in [-0.25, -0.2) is 9.78 Å². The molecule has 6 heteroatoms. The quantitative estimate of drug-likeness (QED) is 0.732. The molecule has 6 nitrogen and oxygen atoms in total. The standard InChI is InChI=1S/C18H17N3O3/c1-13(22)20-11-17(14-5-3-2-4-6-14)24-18(23)15-7-8-21-12-19-10-16(21)9-15/h2-10,12,17H,11H2,1H3,(H,20,22)/t17-/m1/s1. The first-order valence-corrected chi connectivity index (χ1v) is 7.55. The van der Waals surface area contributed by atoms with Gasteiger partial charge in [-0.1, -0.05) is 30.3 Å². The van der Waals surface area contributed by atoms with E-state index in [1.165, 1.54) is 6.92 Å². The normalized spacial score (nSPS) is 11.9. The first kappa shape index (κ1) is 15.7. The fraction of sp³-hybridized carbons (Fsp3) is 0.167. The Bertz CT molecular complexity index is 858. The fourth-order valence-electron chi connectivity index (χ4n) is 2.38. The number of aromatic nitrogens is 2. The largest absolute Gasteiger partial charge is 0.452 e. The smallest absolute Gasteiger partial charge is 0.338 e. The van der Waals surface area contributed by atoms with Gasteiger partial charge in [0.2, 0.25) is 5.91 Å². The summed E-state index contributed by atoms with van der Waals surface area (Å²) in [6.45, 7) is 1.65. The summed E-state index contributed by atoms with van der Waals surface area (Å²) >= 11 is 0. The maximum Gasteiger partial charge on any atom is 0.338 e. The van der Waals surface area contributed by atoms with Crippen LogP contribution in [0, 0.1) is 0 Å². The fourth-order valence-corrected chi connectivity index (χ4v) is 2.38. The number of carbonyl (C=O) groups excluding carboxylic acids is 2. The second-order valence-corrected chi connectivity index (χ2v) is 5.38. The van der Waals surface area contributed by atoms with E-state index in [0.29, 0.717) is 5.56 Å². The van der Waals surface area contributed by atoms with Crippen LogP contribution in [-0.4, -0.2) is 27.8 Å². The maximum atomic E-state index is 12.5. The molecule has 0 saturated heterocycles. The highest BCUT2D eigenvalue weighted by atomic mass is 16.5. The first-order chi connectivity index (χ1) is 11.6. The van der Waals surface area contributed by atoms with E-state index in [2.05, 4.69) is 10.3 Å². The van der Waals surface area contributed by atoms with Crippen LogP contribution in [0.1, 0.15) is 28.9 Å². The number of amides is 1. The van der Waals surface area contributed by atoms with E-state index in [0.717, 1.165) is 11.1 Å². The summed E-state index contributed by atoms with van der Waals surface area (Å²) in [7, 11) is 0. The molecule has 0 radical (unpaired) electrons. The molecule has 0 unspecified atom stereocenters. The third-order valence-corrected chi connectivity index (χ3v) is 3.61. The number of benzene rings is 1. The number of esters is 1. The van der Waals surface area contributed by atoms with Crippen molar-refractivity contribution in [2.45, 2.75) is 13.0 Å². The highest BCUT2D eigenvalue weighted by molar-refractivity contribution is 5.90. The van der Waals surface area contributed by atoms with Gasteiger partial charge in [-0.05, 0) is 17.7 Å². The number of rotatable bonds is 5. The average molecular weight is 323 g/mol. The summed E-state index contributed by atoms with van der Waals surface area (Å²) in [4.78, 5) is 27.7. The van der Waals surface area contributed by atoms with Crippen LogP contribution in [0.2, 0.25) is 0 Å². The van der Waals surface area contributed by atoms with Gasteiger partial charge in [0, 0.05) is 13.1 Å². The number of ether oxygens (including phenoxy) is 1. The number of hydrogen-bond donors (Lipinski definition) is 1. The Kier molecular flexibility index (Phi) is 4.56. The van der Waals surface area contributed by atoms with E-state index >= 15 is 0 Å². The average Bonchev–Trinajstić information content (AvgIpc) is 3.06. The zero-order chi connectivity index (χ0) is 16.9. The molecule has 0 aliphatic rings. The predicted molar refractivity (Wildman–Crippen MR) is 88.5 cm³/mol. The van der Waals surface area contributed by atoms with E-state index in [1.54, 1.807) is 30.9 Å². The minimum atomic E-state index is -0.552. The molecule has 1 amide bonds. The Balaban J connectivity index is 1.80. The Morgan fingerprint density at radius 3 is 2.79 bits per heavy atom. The van der Waals surface area contributed by atoms with Crippen molar-refractivity contribution in [2.24, 2.45) is 0 Å². The van der Waals surface area contributed by atoms with E-state index in [-0.39, 0.29) is 12.5 Å². The Labute approximate surface area is 139 Å². The van der Waals surface area contributed by atoms with Crippen molar-refractivity contribution in [3.63, 3.8) is 0 Å². The minimum absolute atomic E-state index is 0.173.